The van der Waals surface area contributed by atoms with Gasteiger partial charge in [0.2, 0.25) is 10.0 Å². The average Bonchev–Trinajstić information content (AvgIpc) is 2.95. The van der Waals surface area contributed by atoms with Crippen LogP contribution >= 0.6 is 0 Å². The summed E-state index contributed by atoms with van der Waals surface area (Å²) in [5.74, 6) is -1.91. The van der Waals surface area contributed by atoms with Crippen LogP contribution in [0.1, 0.15) is 6.42 Å². The third kappa shape index (κ3) is 4.35. The van der Waals surface area contributed by atoms with Crippen molar-refractivity contribution >= 4 is 16.0 Å². The van der Waals surface area contributed by atoms with E-state index in [-0.39, 0.29) is 30.2 Å². The molecular formula is C13H14F3NO5S. The Kier molecular flexibility index (Phi) is 4.85. The molecule has 1 aliphatic heterocycles. The highest BCUT2D eigenvalue weighted by Gasteiger charge is 2.35. The van der Waals surface area contributed by atoms with Gasteiger partial charge < -0.3 is 9.84 Å². The van der Waals surface area contributed by atoms with E-state index in [1.165, 1.54) is 0 Å². The van der Waals surface area contributed by atoms with Crippen molar-refractivity contribution in [1.82, 2.24) is 4.31 Å². The van der Waals surface area contributed by atoms with Gasteiger partial charge in [0.05, 0.1) is 10.8 Å². The molecule has 1 aromatic rings. The summed E-state index contributed by atoms with van der Waals surface area (Å²) in [5.41, 5.74) is 0. The van der Waals surface area contributed by atoms with Crippen molar-refractivity contribution in [1.29, 1.82) is 0 Å². The first-order valence-electron chi connectivity index (χ1n) is 6.62. The molecule has 1 heterocycles. The molecule has 23 heavy (non-hydrogen) atoms. The third-order valence-corrected chi connectivity index (χ3v) is 5.24. The number of halogens is 3. The van der Waals surface area contributed by atoms with E-state index in [1.807, 2.05) is 0 Å². The zero-order chi connectivity index (χ0) is 17.3. The van der Waals surface area contributed by atoms with Gasteiger partial charge in [-0.15, -0.1) is 0 Å². The summed E-state index contributed by atoms with van der Waals surface area (Å²) in [6.45, 7) is -1.50. The quantitative estimate of drug-likeness (QED) is 0.871. The van der Waals surface area contributed by atoms with Gasteiger partial charge in [-0.25, -0.2) is 8.42 Å². The van der Waals surface area contributed by atoms with E-state index in [0.29, 0.717) is 0 Å². The Hall–Kier alpha value is -1.81. The minimum Gasteiger partial charge on any atom is -0.484 e. The Morgan fingerprint density at radius 1 is 1.30 bits per heavy atom. The van der Waals surface area contributed by atoms with Crippen LogP contribution in [0.5, 0.6) is 5.75 Å². The number of aliphatic carboxylic acids is 1. The third-order valence-electron chi connectivity index (χ3n) is 3.36. The van der Waals surface area contributed by atoms with Crippen molar-refractivity contribution in [3.63, 3.8) is 0 Å². The van der Waals surface area contributed by atoms with Gasteiger partial charge in [0.25, 0.3) is 0 Å². The minimum absolute atomic E-state index is 0.0889. The van der Waals surface area contributed by atoms with Gasteiger partial charge in [-0.2, -0.15) is 17.5 Å². The monoisotopic (exact) mass is 353 g/mol. The van der Waals surface area contributed by atoms with Gasteiger partial charge in [0, 0.05) is 13.1 Å². The molecule has 0 bridgehead atoms. The van der Waals surface area contributed by atoms with Gasteiger partial charge in [-0.05, 0) is 30.7 Å². The van der Waals surface area contributed by atoms with E-state index < -0.39 is 34.7 Å². The molecule has 1 saturated heterocycles. The second-order valence-corrected chi connectivity index (χ2v) is 7.00. The van der Waals surface area contributed by atoms with Crippen molar-refractivity contribution in [2.75, 3.05) is 19.7 Å². The highest BCUT2D eigenvalue weighted by Crippen LogP contribution is 2.26. The zero-order valence-corrected chi connectivity index (χ0v) is 12.6. The van der Waals surface area contributed by atoms with Crippen molar-refractivity contribution in [3.8, 4) is 5.75 Å². The topological polar surface area (TPSA) is 83.9 Å². The summed E-state index contributed by atoms with van der Waals surface area (Å²) in [6, 6.07) is 4.52. The van der Waals surface area contributed by atoms with Gasteiger partial charge in [0.15, 0.2) is 6.61 Å². The predicted octanol–water partition coefficient (Wildman–Crippen LogP) is 1.72. The van der Waals surface area contributed by atoms with Crippen LogP contribution in [0.15, 0.2) is 29.2 Å². The minimum atomic E-state index is -4.48. The number of ether oxygens (including phenoxy) is 1. The highest BCUT2D eigenvalue weighted by molar-refractivity contribution is 7.89. The molecule has 1 unspecified atom stereocenters. The number of hydrogen-bond donors (Lipinski definition) is 1. The molecule has 1 atom stereocenters. The molecule has 10 heteroatoms. The molecule has 0 amide bonds. The largest absolute Gasteiger partial charge is 0.484 e. The Balaban J connectivity index is 2.08. The summed E-state index contributed by atoms with van der Waals surface area (Å²) in [6.07, 6.45) is -4.26. The summed E-state index contributed by atoms with van der Waals surface area (Å²) in [4.78, 5) is 10.8. The number of sulfonamides is 1. The van der Waals surface area contributed by atoms with Crippen LogP contribution < -0.4 is 4.74 Å². The average molecular weight is 353 g/mol. The molecule has 0 aliphatic carbocycles. The van der Waals surface area contributed by atoms with Crippen molar-refractivity contribution in [2.24, 2.45) is 5.92 Å². The Bertz CT molecular complexity index is 672. The van der Waals surface area contributed by atoms with Crippen molar-refractivity contribution in [3.05, 3.63) is 24.3 Å². The van der Waals surface area contributed by atoms with Crippen LogP contribution in [0, 0.1) is 5.92 Å². The first-order chi connectivity index (χ1) is 10.6. The van der Waals surface area contributed by atoms with Crippen LogP contribution in [0.3, 0.4) is 0 Å². The fourth-order valence-electron chi connectivity index (χ4n) is 2.17. The Labute approximate surface area is 130 Å². The fraction of sp³-hybridized carbons (Fsp3) is 0.462. The molecule has 0 radical (unpaired) electrons. The molecule has 1 N–H and O–H groups in total. The fourth-order valence-corrected chi connectivity index (χ4v) is 3.67. The van der Waals surface area contributed by atoms with Crippen molar-refractivity contribution < 1.29 is 36.2 Å². The van der Waals surface area contributed by atoms with Gasteiger partial charge in [-0.3, -0.25) is 4.79 Å². The first kappa shape index (κ1) is 17.5. The lowest BCUT2D eigenvalue weighted by atomic mass is 10.1. The van der Waals surface area contributed by atoms with Crippen LogP contribution in [-0.4, -0.2) is 49.7 Å². The summed E-state index contributed by atoms with van der Waals surface area (Å²) in [5, 5.41) is 8.90. The molecule has 128 valence electrons. The lowest BCUT2D eigenvalue weighted by Gasteiger charge is -2.16. The van der Waals surface area contributed by atoms with E-state index in [1.54, 1.807) is 0 Å². The summed E-state index contributed by atoms with van der Waals surface area (Å²) >= 11 is 0. The van der Waals surface area contributed by atoms with E-state index in [2.05, 4.69) is 4.74 Å². The normalized spacial score (nSPS) is 19.7. The Morgan fingerprint density at radius 2 is 1.91 bits per heavy atom. The molecule has 1 fully saturated rings. The number of carboxylic acid groups (broad SMARTS) is 1. The van der Waals surface area contributed by atoms with E-state index in [0.717, 1.165) is 28.6 Å². The second-order valence-electron chi connectivity index (χ2n) is 5.06. The maximum absolute atomic E-state index is 12.3. The second kappa shape index (κ2) is 6.36. The molecule has 2 rings (SSSR count). The van der Waals surface area contributed by atoms with Crippen LogP contribution in [-0.2, 0) is 14.8 Å². The van der Waals surface area contributed by atoms with Crippen LogP contribution in [0.2, 0.25) is 0 Å². The van der Waals surface area contributed by atoms with Crippen LogP contribution in [0.25, 0.3) is 0 Å². The highest BCUT2D eigenvalue weighted by atomic mass is 32.2. The molecule has 1 aliphatic rings. The van der Waals surface area contributed by atoms with Gasteiger partial charge in [0.1, 0.15) is 5.75 Å². The van der Waals surface area contributed by atoms with E-state index >= 15 is 0 Å². The standard InChI is InChI=1S/C13H14F3NO5S/c14-13(15,16)8-22-10-1-3-11(4-2-10)23(20,21)17-6-5-9(7-17)12(18)19/h1-4,9H,5-8H2,(H,18,19). The maximum atomic E-state index is 12.3. The van der Waals surface area contributed by atoms with Crippen LogP contribution in [0.4, 0.5) is 13.2 Å². The number of rotatable bonds is 5. The molecule has 6 nitrogen and oxygen atoms in total. The van der Waals surface area contributed by atoms with Gasteiger partial charge in [-0.1, -0.05) is 0 Å². The number of carbonyl (C=O) groups is 1. The van der Waals surface area contributed by atoms with E-state index in [4.69, 9.17) is 5.11 Å². The smallest absolute Gasteiger partial charge is 0.422 e. The van der Waals surface area contributed by atoms with E-state index in [9.17, 15) is 26.4 Å². The number of alkyl halides is 3. The molecule has 0 saturated carbocycles. The molecule has 1 aromatic carbocycles. The molecule has 0 spiro atoms. The van der Waals surface area contributed by atoms with Gasteiger partial charge >= 0.3 is 12.1 Å². The maximum Gasteiger partial charge on any atom is 0.422 e. The lowest BCUT2D eigenvalue weighted by molar-refractivity contribution is -0.153. The Morgan fingerprint density at radius 3 is 2.39 bits per heavy atom. The summed E-state index contributed by atoms with van der Waals surface area (Å²) < 4.78 is 66.4. The SMILES string of the molecule is O=C(O)C1CCN(S(=O)(=O)c2ccc(OCC(F)(F)F)cc2)C1. The number of benzene rings is 1. The number of nitrogens with zero attached hydrogens (tertiary/aromatic N) is 1. The molecule has 0 aromatic heterocycles. The predicted molar refractivity (Wildman–Crippen MR) is 72.5 cm³/mol. The molecular weight excluding hydrogens is 339 g/mol. The zero-order valence-electron chi connectivity index (χ0n) is 11.8. The van der Waals surface area contributed by atoms with Crippen molar-refractivity contribution in [2.45, 2.75) is 17.5 Å². The number of hydrogen-bond acceptors (Lipinski definition) is 4. The summed E-state index contributed by atoms with van der Waals surface area (Å²) in [7, 11) is -3.87. The lowest BCUT2D eigenvalue weighted by Crippen LogP contribution is -2.30. The first-order valence-corrected chi connectivity index (χ1v) is 8.06. The number of carboxylic acids is 1.